The Hall–Kier alpha value is -3.24. The molecule has 0 aromatic heterocycles. The highest BCUT2D eigenvalue weighted by atomic mass is 35.5. The van der Waals surface area contributed by atoms with E-state index in [9.17, 15) is 0 Å². The van der Waals surface area contributed by atoms with Crippen LogP contribution >= 0.6 is 11.6 Å². The lowest BCUT2D eigenvalue weighted by Crippen LogP contribution is -2.27. The first-order valence-corrected chi connectivity index (χ1v) is 15.2. The summed E-state index contributed by atoms with van der Waals surface area (Å²) < 4.78 is 13.5. The number of anilines is 1. The summed E-state index contributed by atoms with van der Waals surface area (Å²) in [5.74, 6) is 1.80. The van der Waals surface area contributed by atoms with Crippen molar-refractivity contribution in [3.8, 4) is 11.5 Å². The third-order valence-corrected chi connectivity index (χ3v) is 9.66. The fourth-order valence-corrected chi connectivity index (χ4v) is 7.13. The molecular formula is C36H44ClN2O2+. The van der Waals surface area contributed by atoms with Crippen molar-refractivity contribution < 1.29 is 14.0 Å². The van der Waals surface area contributed by atoms with Gasteiger partial charge in [-0.2, -0.15) is 4.58 Å². The molecule has 0 N–H and O–H groups in total. The third-order valence-electron chi connectivity index (χ3n) is 9.17. The second kappa shape index (κ2) is 11.2. The molecule has 0 saturated heterocycles. The topological polar surface area (TPSA) is 24.7 Å². The molecule has 0 amide bonds. The van der Waals surface area contributed by atoms with Crippen molar-refractivity contribution in [2.24, 2.45) is 0 Å². The molecular weight excluding hydrogens is 528 g/mol. The minimum absolute atomic E-state index is 0.128. The number of methoxy groups -OCH3 is 2. The summed E-state index contributed by atoms with van der Waals surface area (Å²) in [6, 6.07) is 12.8. The zero-order chi connectivity index (χ0) is 29.5. The number of nitrogens with zero attached hydrogens (tertiary/aromatic N) is 2. The number of ether oxygens (including phenoxy) is 2. The third kappa shape index (κ3) is 4.95. The molecule has 0 radical (unpaired) electrons. The Morgan fingerprint density at radius 3 is 2.22 bits per heavy atom. The van der Waals surface area contributed by atoms with Crippen molar-refractivity contribution in [1.29, 1.82) is 0 Å². The van der Waals surface area contributed by atoms with E-state index in [4.69, 9.17) is 21.1 Å². The van der Waals surface area contributed by atoms with Crippen molar-refractivity contribution in [3.63, 3.8) is 0 Å². The SMILES string of the molecule is CCN1/C(=C/C=C2\CCCC(/C=C/C3=[N+](CC)c4ccc(OC)cc4C3(C)C)=C2Cl)C(C)(C)c2cc(OC)ccc21. The van der Waals surface area contributed by atoms with Crippen LogP contribution in [0.15, 0.2) is 82.6 Å². The van der Waals surface area contributed by atoms with E-state index in [2.05, 4.69) is 112 Å². The average molecular weight is 572 g/mol. The van der Waals surface area contributed by atoms with Gasteiger partial charge >= 0.3 is 0 Å². The van der Waals surface area contributed by atoms with Gasteiger partial charge in [0, 0.05) is 46.1 Å². The van der Waals surface area contributed by atoms with Gasteiger partial charge in [0.2, 0.25) is 5.69 Å². The number of benzene rings is 2. The van der Waals surface area contributed by atoms with Crippen LogP contribution in [0.4, 0.5) is 11.4 Å². The van der Waals surface area contributed by atoms with E-state index in [1.165, 1.54) is 45.1 Å². The first kappa shape index (κ1) is 29.3. The molecule has 2 aromatic rings. The normalized spacial score (nSPS) is 21.3. The molecule has 41 heavy (non-hydrogen) atoms. The van der Waals surface area contributed by atoms with Crippen LogP contribution in [0.1, 0.15) is 71.9 Å². The van der Waals surface area contributed by atoms with Gasteiger partial charge < -0.3 is 14.4 Å². The monoisotopic (exact) mass is 571 g/mol. The van der Waals surface area contributed by atoms with Gasteiger partial charge in [-0.25, -0.2) is 0 Å². The molecule has 2 aliphatic heterocycles. The predicted octanol–water partition coefficient (Wildman–Crippen LogP) is 8.96. The molecule has 3 aliphatic rings. The molecule has 0 fully saturated rings. The molecule has 0 saturated carbocycles. The predicted molar refractivity (Wildman–Crippen MR) is 173 cm³/mol. The standard InChI is InChI=1S/C36H44ClN2O2/c1-9-38-30-18-16-26(40-7)22-28(30)35(3,4)32(38)20-14-24-12-11-13-25(34(24)37)15-21-33-36(5,6)29-23-27(41-8)17-19-31(29)39(33)10-2/h14-23H,9-13H2,1-8H3/q+1. The number of hydrogen-bond acceptors (Lipinski definition) is 3. The molecule has 5 heteroatoms. The summed E-state index contributed by atoms with van der Waals surface area (Å²) in [7, 11) is 3.46. The number of hydrogen-bond donors (Lipinski definition) is 0. The Bertz CT molecular complexity index is 1520. The molecule has 0 unspecified atom stereocenters. The van der Waals surface area contributed by atoms with Crippen molar-refractivity contribution in [3.05, 3.63) is 93.7 Å². The molecule has 2 aromatic carbocycles. The van der Waals surface area contributed by atoms with Crippen molar-refractivity contribution in [2.75, 3.05) is 32.2 Å². The Labute approximate surface area is 251 Å². The minimum Gasteiger partial charge on any atom is -0.497 e. The summed E-state index contributed by atoms with van der Waals surface area (Å²) in [5, 5.41) is 0.890. The van der Waals surface area contributed by atoms with Gasteiger partial charge in [-0.15, -0.1) is 0 Å². The lowest BCUT2D eigenvalue weighted by atomic mass is 9.81. The van der Waals surface area contributed by atoms with E-state index < -0.39 is 0 Å². The number of fused-ring (bicyclic) bond motifs is 2. The Balaban J connectivity index is 1.48. The minimum atomic E-state index is -0.128. The van der Waals surface area contributed by atoms with Crippen LogP contribution in [-0.2, 0) is 10.8 Å². The Kier molecular flexibility index (Phi) is 8.00. The van der Waals surface area contributed by atoms with Crippen molar-refractivity contribution in [2.45, 2.75) is 71.6 Å². The maximum Gasteiger partial charge on any atom is 0.210 e. The van der Waals surface area contributed by atoms with Crippen LogP contribution in [0.5, 0.6) is 11.5 Å². The van der Waals surface area contributed by atoms with Gasteiger partial charge in [0.05, 0.1) is 19.6 Å². The van der Waals surface area contributed by atoms with Crippen molar-refractivity contribution >= 4 is 28.7 Å². The lowest BCUT2D eigenvalue weighted by Gasteiger charge is -2.26. The smallest absolute Gasteiger partial charge is 0.210 e. The summed E-state index contributed by atoms with van der Waals surface area (Å²) in [6.45, 7) is 15.4. The molecule has 2 heterocycles. The van der Waals surface area contributed by atoms with Gasteiger partial charge in [0.15, 0.2) is 5.71 Å². The first-order chi connectivity index (χ1) is 19.6. The summed E-state index contributed by atoms with van der Waals surface area (Å²) >= 11 is 7.12. The van der Waals surface area contributed by atoms with Gasteiger partial charge in [-0.1, -0.05) is 37.6 Å². The van der Waals surface area contributed by atoms with Crippen LogP contribution < -0.4 is 14.4 Å². The first-order valence-electron chi connectivity index (χ1n) is 14.9. The highest BCUT2D eigenvalue weighted by Crippen LogP contribution is 2.49. The Morgan fingerprint density at radius 1 is 0.878 bits per heavy atom. The van der Waals surface area contributed by atoms with E-state index in [0.717, 1.165) is 48.9 Å². The number of likely N-dealkylation sites (N-methyl/N-ethyl adjacent to an activating group) is 1. The van der Waals surface area contributed by atoms with Crippen molar-refractivity contribution in [1.82, 2.24) is 0 Å². The Morgan fingerprint density at radius 2 is 1.56 bits per heavy atom. The molecule has 0 bridgehead atoms. The van der Waals surface area contributed by atoms with E-state index >= 15 is 0 Å². The van der Waals surface area contributed by atoms with Gasteiger partial charge in [0.1, 0.15) is 18.0 Å². The van der Waals surface area contributed by atoms with Gasteiger partial charge in [-0.05, 0) is 100 Å². The second-order valence-corrected chi connectivity index (χ2v) is 12.5. The van der Waals surface area contributed by atoms with E-state index in [-0.39, 0.29) is 10.8 Å². The molecule has 0 atom stereocenters. The van der Waals surface area contributed by atoms with E-state index in [1.54, 1.807) is 14.2 Å². The van der Waals surface area contributed by atoms with Gasteiger partial charge in [0.25, 0.3) is 0 Å². The van der Waals surface area contributed by atoms with E-state index in [1.807, 2.05) is 0 Å². The quantitative estimate of drug-likeness (QED) is 0.310. The summed E-state index contributed by atoms with van der Waals surface area (Å²) in [5.41, 5.74) is 9.85. The maximum atomic E-state index is 7.12. The van der Waals surface area contributed by atoms with E-state index in [0.29, 0.717) is 0 Å². The molecule has 5 rings (SSSR count). The molecule has 4 nitrogen and oxygen atoms in total. The highest BCUT2D eigenvalue weighted by molar-refractivity contribution is 6.32. The largest absolute Gasteiger partial charge is 0.497 e. The fourth-order valence-electron chi connectivity index (χ4n) is 6.81. The van der Waals surface area contributed by atoms with Crippen LogP contribution in [-0.4, -0.2) is 37.6 Å². The van der Waals surface area contributed by atoms with Crippen LogP contribution in [0.3, 0.4) is 0 Å². The number of halogens is 1. The van der Waals surface area contributed by atoms with Gasteiger partial charge in [-0.3, -0.25) is 0 Å². The zero-order valence-electron chi connectivity index (χ0n) is 25.9. The number of allylic oxidation sites excluding steroid dienone is 8. The molecule has 0 spiro atoms. The summed E-state index contributed by atoms with van der Waals surface area (Å²) in [6.07, 6.45) is 12.2. The molecule has 216 valence electrons. The fraction of sp³-hybridized carbons (Fsp3) is 0.417. The molecule has 1 aliphatic carbocycles. The second-order valence-electron chi connectivity index (χ2n) is 12.2. The lowest BCUT2D eigenvalue weighted by molar-refractivity contribution is -0.433. The van der Waals surface area contributed by atoms with Crippen LogP contribution in [0, 0.1) is 0 Å². The van der Waals surface area contributed by atoms with Crippen LogP contribution in [0.25, 0.3) is 0 Å². The summed E-state index contributed by atoms with van der Waals surface area (Å²) in [4.78, 5) is 2.41. The maximum absolute atomic E-state index is 7.12. The van der Waals surface area contributed by atoms with Crippen LogP contribution in [0.2, 0.25) is 0 Å². The highest BCUT2D eigenvalue weighted by Gasteiger charge is 2.44. The number of rotatable bonds is 7. The average Bonchev–Trinajstić information content (AvgIpc) is 3.32. The zero-order valence-corrected chi connectivity index (χ0v) is 26.7.